The van der Waals surface area contributed by atoms with Crippen molar-refractivity contribution in [3.63, 3.8) is 0 Å². The zero-order chi connectivity index (χ0) is 25.4. The topological polar surface area (TPSA) is 76.7 Å². The molecule has 0 aromatic heterocycles. The van der Waals surface area contributed by atoms with E-state index < -0.39 is 6.17 Å². The Morgan fingerprint density at radius 1 is 0.771 bits per heavy atom. The van der Waals surface area contributed by atoms with Crippen molar-refractivity contribution < 1.29 is 19.1 Å². The van der Waals surface area contributed by atoms with E-state index in [2.05, 4.69) is 24.5 Å². The van der Waals surface area contributed by atoms with E-state index in [1.165, 1.54) is 0 Å². The van der Waals surface area contributed by atoms with Gasteiger partial charge in [0.1, 0.15) is 6.17 Å². The van der Waals surface area contributed by atoms with Gasteiger partial charge < -0.3 is 20.1 Å². The molecule has 0 aliphatic rings. The molecule has 0 bridgehead atoms. The van der Waals surface area contributed by atoms with Crippen LogP contribution in [0.4, 0.5) is 0 Å². The van der Waals surface area contributed by atoms with Crippen molar-refractivity contribution >= 4 is 11.8 Å². The summed E-state index contributed by atoms with van der Waals surface area (Å²) in [4.78, 5) is 26.1. The minimum Gasteiger partial charge on any atom is -0.493 e. The lowest BCUT2D eigenvalue weighted by Gasteiger charge is -2.22. The fourth-order valence-electron chi connectivity index (χ4n) is 3.43. The molecule has 6 heteroatoms. The Hall–Kier alpha value is -3.80. The van der Waals surface area contributed by atoms with Crippen molar-refractivity contribution in [1.82, 2.24) is 10.6 Å². The standard InChI is InChI=1S/C29H34N2O4/c1-19(2)16-17-35-26-18-24(14-15-25(26)34-5)27(30-28(32)22-10-6-20(3)7-11-22)31-29(33)23-12-8-21(4)9-13-23/h6-15,18-19,27H,16-17H2,1-5H3,(H,30,32)(H,31,33). The van der Waals surface area contributed by atoms with E-state index in [0.29, 0.717) is 40.7 Å². The normalized spacial score (nSPS) is 10.8. The van der Waals surface area contributed by atoms with Crippen molar-refractivity contribution in [3.05, 3.63) is 94.5 Å². The number of methoxy groups -OCH3 is 1. The Kier molecular flexibility index (Phi) is 8.90. The molecule has 0 heterocycles. The predicted molar refractivity (Wildman–Crippen MR) is 138 cm³/mol. The molecular formula is C29H34N2O4. The molecule has 6 nitrogen and oxygen atoms in total. The zero-order valence-corrected chi connectivity index (χ0v) is 21.1. The third-order valence-electron chi connectivity index (χ3n) is 5.65. The van der Waals surface area contributed by atoms with Crippen LogP contribution in [0.3, 0.4) is 0 Å². The first-order valence-electron chi connectivity index (χ1n) is 11.8. The van der Waals surface area contributed by atoms with Gasteiger partial charge in [-0.05, 0) is 68.1 Å². The van der Waals surface area contributed by atoms with E-state index in [4.69, 9.17) is 9.47 Å². The molecule has 0 atom stereocenters. The van der Waals surface area contributed by atoms with Gasteiger partial charge in [0.05, 0.1) is 13.7 Å². The molecule has 2 N–H and O–H groups in total. The molecular weight excluding hydrogens is 440 g/mol. The Bertz CT molecular complexity index is 1080. The van der Waals surface area contributed by atoms with E-state index in [9.17, 15) is 9.59 Å². The highest BCUT2D eigenvalue weighted by molar-refractivity contribution is 5.96. The van der Waals surface area contributed by atoms with E-state index in [1.807, 2.05) is 44.2 Å². The summed E-state index contributed by atoms with van der Waals surface area (Å²) < 4.78 is 11.4. The number of hydrogen-bond donors (Lipinski definition) is 2. The van der Waals surface area contributed by atoms with Crippen LogP contribution in [-0.4, -0.2) is 25.5 Å². The molecule has 35 heavy (non-hydrogen) atoms. The molecule has 0 aliphatic carbocycles. The van der Waals surface area contributed by atoms with E-state index >= 15 is 0 Å². The number of benzene rings is 3. The Morgan fingerprint density at radius 2 is 1.29 bits per heavy atom. The third kappa shape index (κ3) is 7.34. The number of nitrogens with one attached hydrogen (secondary N) is 2. The van der Waals surface area contributed by atoms with Crippen molar-refractivity contribution in [2.24, 2.45) is 5.92 Å². The van der Waals surface area contributed by atoms with Gasteiger partial charge in [-0.1, -0.05) is 55.3 Å². The van der Waals surface area contributed by atoms with Crippen molar-refractivity contribution in [3.8, 4) is 11.5 Å². The van der Waals surface area contributed by atoms with Crippen LogP contribution in [0.1, 0.15) is 63.8 Å². The SMILES string of the molecule is COc1ccc(C(NC(=O)c2ccc(C)cc2)NC(=O)c2ccc(C)cc2)cc1OCCC(C)C. The van der Waals surface area contributed by atoms with Crippen LogP contribution in [0.15, 0.2) is 66.7 Å². The molecule has 3 rings (SSSR count). The minimum absolute atomic E-state index is 0.294. The highest BCUT2D eigenvalue weighted by Crippen LogP contribution is 2.30. The highest BCUT2D eigenvalue weighted by atomic mass is 16.5. The summed E-state index contributed by atoms with van der Waals surface area (Å²) in [6.07, 6.45) is 0.112. The molecule has 0 radical (unpaired) electrons. The summed E-state index contributed by atoms with van der Waals surface area (Å²) >= 11 is 0. The summed E-state index contributed by atoms with van der Waals surface area (Å²) in [5.41, 5.74) is 3.80. The molecule has 3 aromatic carbocycles. The van der Waals surface area contributed by atoms with Gasteiger partial charge in [0.15, 0.2) is 11.5 Å². The first kappa shape index (κ1) is 25.8. The number of rotatable bonds is 10. The summed E-state index contributed by atoms with van der Waals surface area (Å²) in [5.74, 6) is 1.06. The van der Waals surface area contributed by atoms with Gasteiger partial charge in [0.2, 0.25) is 0 Å². The molecule has 0 fully saturated rings. The maximum Gasteiger partial charge on any atom is 0.253 e. The van der Waals surface area contributed by atoms with Crippen molar-refractivity contribution in [2.75, 3.05) is 13.7 Å². The summed E-state index contributed by atoms with van der Waals surface area (Å²) in [6, 6.07) is 19.9. The first-order valence-corrected chi connectivity index (χ1v) is 11.8. The fourth-order valence-corrected chi connectivity index (χ4v) is 3.43. The van der Waals surface area contributed by atoms with Crippen LogP contribution in [-0.2, 0) is 0 Å². The molecule has 0 aliphatic heterocycles. The van der Waals surface area contributed by atoms with Crippen LogP contribution >= 0.6 is 0 Å². The largest absolute Gasteiger partial charge is 0.493 e. The monoisotopic (exact) mass is 474 g/mol. The van der Waals surface area contributed by atoms with Crippen LogP contribution in [0.2, 0.25) is 0 Å². The lowest BCUT2D eigenvalue weighted by molar-refractivity contribution is 0.0883. The predicted octanol–water partition coefficient (Wildman–Crippen LogP) is 5.60. The lowest BCUT2D eigenvalue weighted by Crippen LogP contribution is -2.41. The fraction of sp³-hybridized carbons (Fsp3) is 0.310. The average Bonchev–Trinajstić information content (AvgIpc) is 2.84. The quantitative estimate of drug-likeness (QED) is 0.375. The second-order valence-corrected chi connectivity index (χ2v) is 9.05. The molecule has 0 saturated carbocycles. The maximum absolute atomic E-state index is 13.0. The van der Waals surface area contributed by atoms with E-state index in [0.717, 1.165) is 17.5 Å². The second-order valence-electron chi connectivity index (χ2n) is 9.05. The van der Waals surface area contributed by atoms with Gasteiger partial charge in [-0.2, -0.15) is 0 Å². The smallest absolute Gasteiger partial charge is 0.253 e. The van der Waals surface area contributed by atoms with Crippen LogP contribution < -0.4 is 20.1 Å². The van der Waals surface area contributed by atoms with Gasteiger partial charge >= 0.3 is 0 Å². The number of aryl methyl sites for hydroxylation is 2. The van der Waals surface area contributed by atoms with Gasteiger partial charge in [-0.15, -0.1) is 0 Å². The second kappa shape index (κ2) is 12.1. The number of carbonyl (C=O) groups is 2. The van der Waals surface area contributed by atoms with Crippen molar-refractivity contribution in [1.29, 1.82) is 0 Å². The van der Waals surface area contributed by atoms with Gasteiger partial charge in [-0.3, -0.25) is 9.59 Å². The molecule has 0 spiro atoms. The van der Waals surface area contributed by atoms with E-state index in [-0.39, 0.29) is 11.8 Å². The van der Waals surface area contributed by atoms with Gasteiger partial charge in [0.25, 0.3) is 11.8 Å². The van der Waals surface area contributed by atoms with Crippen LogP contribution in [0.5, 0.6) is 11.5 Å². The Labute approximate surface area is 207 Å². The van der Waals surface area contributed by atoms with Crippen LogP contribution in [0, 0.1) is 19.8 Å². The first-order chi connectivity index (χ1) is 16.8. The number of amides is 2. The maximum atomic E-state index is 13.0. The number of ether oxygens (including phenoxy) is 2. The summed E-state index contributed by atoms with van der Waals surface area (Å²) in [5, 5.41) is 5.91. The van der Waals surface area contributed by atoms with Crippen LogP contribution in [0.25, 0.3) is 0 Å². The zero-order valence-electron chi connectivity index (χ0n) is 21.1. The molecule has 0 saturated heterocycles. The summed E-state index contributed by atoms with van der Waals surface area (Å²) in [6.45, 7) is 8.73. The van der Waals surface area contributed by atoms with Gasteiger partial charge in [0, 0.05) is 11.1 Å². The molecule has 2 amide bonds. The molecule has 184 valence electrons. The van der Waals surface area contributed by atoms with E-state index in [1.54, 1.807) is 43.5 Å². The van der Waals surface area contributed by atoms with Crippen molar-refractivity contribution in [2.45, 2.75) is 40.3 Å². The summed E-state index contributed by atoms with van der Waals surface area (Å²) in [7, 11) is 1.58. The number of hydrogen-bond acceptors (Lipinski definition) is 4. The third-order valence-corrected chi connectivity index (χ3v) is 5.65. The molecule has 3 aromatic rings. The molecule has 0 unspecified atom stereocenters. The minimum atomic E-state index is -0.782. The average molecular weight is 475 g/mol. The number of carbonyl (C=O) groups excluding carboxylic acids is 2. The Morgan fingerprint density at radius 3 is 1.74 bits per heavy atom. The lowest BCUT2D eigenvalue weighted by atomic mass is 10.1. The van der Waals surface area contributed by atoms with Gasteiger partial charge in [-0.25, -0.2) is 0 Å². The highest BCUT2D eigenvalue weighted by Gasteiger charge is 2.21. The Balaban J connectivity index is 1.90.